The van der Waals surface area contributed by atoms with Crippen LogP contribution in [-0.2, 0) is 27.2 Å². The monoisotopic (exact) mass is 348 g/mol. The molecule has 3 rings (SSSR count). The van der Waals surface area contributed by atoms with Crippen LogP contribution in [-0.4, -0.2) is 34.0 Å². The predicted molar refractivity (Wildman–Crippen MR) is 93.5 cm³/mol. The van der Waals surface area contributed by atoms with Gasteiger partial charge in [0.2, 0.25) is 0 Å². The zero-order valence-electron chi connectivity index (χ0n) is 14.0. The second-order valence-electron chi connectivity index (χ2n) is 5.52. The Labute approximate surface area is 142 Å². The number of aryl methyl sites for hydroxylation is 3. The molecule has 0 saturated heterocycles. The van der Waals surface area contributed by atoms with Gasteiger partial charge in [0.05, 0.1) is 6.33 Å². The van der Waals surface area contributed by atoms with Gasteiger partial charge in [-0.2, -0.15) is 0 Å². The Morgan fingerprint density at radius 3 is 2.75 bits per heavy atom. The molecule has 0 aliphatic heterocycles. The van der Waals surface area contributed by atoms with Gasteiger partial charge in [0, 0.05) is 45.3 Å². The van der Waals surface area contributed by atoms with E-state index in [2.05, 4.69) is 21.5 Å². The Balaban J connectivity index is 1.77. The predicted octanol–water partition coefficient (Wildman–Crippen LogP) is 0.832. The van der Waals surface area contributed by atoms with Crippen molar-refractivity contribution in [3.8, 4) is 0 Å². The third-order valence-corrected chi connectivity index (χ3v) is 5.07. The molecule has 0 unspecified atom stereocenters. The number of fused-ring (bicyclic) bond motifs is 1. The van der Waals surface area contributed by atoms with E-state index in [0.717, 1.165) is 17.5 Å². The Morgan fingerprint density at radius 1 is 1.21 bits per heavy atom. The fraction of sp³-hybridized carbons (Fsp3) is 0.467. The smallest absolute Gasteiger partial charge is 0.328 e. The quantitative estimate of drug-likeness (QED) is 0.487. The van der Waals surface area contributed by atoms with Crippen molar-refractivity contribution >= 4 is 22.9 Å². The number of aromatic nitrogens is 6. The van der Waals surface area contributed by atoms with Gasteiger partial charge >= 0.3 is 5.69 Å². The van der Waals surface area contributed by atoms with E-state index in [1.807, 2.05) is 6.20 Å². The molecule has 0 bridgehead atoms. The maximum Gasteiger partial charge on any atom is 0.332 e. The van der Waals surface area contributed by atoms with Crippen molar-refractivity contribution in [3.05, 3.63) is 39.6 Å². The molecule has 3 aromatic heterocycles. The van der Waals surface area contributed by atoms with E-state index in [9.17, 15) is 9.59 Å². The van der Waals surface area contributed by atoms with Gasteiger partial charge in [0.25, 0.3) is 5.56 Å². The van der Waals surface area contributed by atoms with E-state index in [1.165, 1.54) is 9.13 Å². The lowest BCUT2D eigenvalue weighted by Gasteiger charge is -2.08. The SMILES string of the molecule is CCn1ccnc1SCCCn1c(=O)c2c(ncn2C)n(C)c1=O. The molecule has 9 heteroatoms. The molecule has 0 spiro atoms. The van der Waals surface area contributed by atoms with Crippen LogP contribution in [0.4, 0.5) is 0 Å². The summed E-state index contributed by atoms with van der Waals surface area (Å²) in [6.07, 6.45) is 5.98. The van der Waals surface area contributed by atoms with Crippen molar-refractivity contribution < 1.29 is 0 Å². The topological polar surface area (TPSA) is 79.6 Å². The highest BCUT2D eigenvalue weighted by Crippen LogP contribution is 2.16. The molecule has 128 valence electrons. The molecule has 0 radical (unpaired) electrons. The van der Waals surface area contributed by atoms with E-state index in [4.69, 9.17) is 0 Å². The lowest BCUT2D eigenvalue weighted by atomic mass is 10.4. The minimum Gasteiger partial charge on any atom is -0.328 e. The molecule has 0 aliphatic carbocycles. The molecule has 0 saturated carbocycles. The maximum atomic E-state index is 12.6. The molecular formula is C15H20N6O2S. The van der Waals surface area contributed by atoms with Gasteiger partial charge in [-0.15, -0.1) is 0 Å². The molecule has 3 aromatic rings. The summed E-state index contributed by atoms with van der Waals surface area (Å²) in [5.74, 6) is 0.788. The van der Waals surface area contributed by atoms with Gasteiger partial charge in [-0.3, -0.25) is 13.9 Å². The Morgan fingerprint density at radius 2 is 2.00 bits per heavy atom. The van der Waals surface area contributed by atoms with Crippen molar-refractivity contribution in [1.29, 1.82) is 0 Å². The molecule has 0 aromatic carbocycles. The molecule has 0 aliphatic rings. The second-order valence-corrected chi connectivity index (χ2v) is 6.59. The minimum atomic E-state index is -0.328. The third kappa shape index (κ3) is 2.79. The highest BCUT2D eigenvalue weighted by atomic mass is 32.2. The summed E-state index contributed by atoms with van der Waals surface area (Å²) in [6, 6.07) is 0. The molecule has 24 heavy (non-hydrogen) atoms. The molecule has 3 heterocycles. The molecule has 8 nitrogen and oxygen atoms in total. The first-order valence-corrected chi connectivity index (χ1v) is 8.78. The highest BCUT2D eigenvalue weighted by molar-refractivity contribution is 7.99. The van der Waals surface area contributed by atoms with Crippen molar-refractivity contribution in [3.63, 3.8) is 0 Å². The van der Waals surface area contributed by atoms with Crippen LogP contribution in [0.15, 0.2) is 33.5 Å². The first-order valence-electron chi connectivity index (χ1n) is 7.79. The van der Waals surface area contributed by atoms with E-state index < -0.39 is 0 Å². The van der Waals surface area contributed by atoms with E-state index in [1.54, 1.807) is 42.9 Å². The fourth-order valence-electron chi connectivity index (χ4n) is 2.66. The summed E-state index contributed by atoms with van der Waals surface area (Å²) in [4.78, 5) is 33.4. The first kappa shape index (κ1) is 16.6. The van der Waals surface area contributed by atoms with Crippen molar-refractivity contribution in [2.24, 2.45) is 14.1 Å². The largest absolute Gasteiger partial charge is 0.332 e. The minimum absolute atomic E-state index is 0.284. The number of hydrogen-bond donors (Lipinski definition) is 0. The zero-order chi connectivity index (χ0) is 17.3. The van der Waals surface area contributed by atoms with Gasteiger partial charge in [0.1, 0.15) is 0 Å². The van der Waals surface area contributed by atoms with Crippen LogP contribution in [0.5, 0.6) is 0 Å². The molecule has 0 N–H and O–H groups in total. The first-order chi connectivity index (χ1) is 11.5. The van der Waals surface area contributed by atoms with E-state index in [-0.39, 0.29) is 11.2 Å². The normalized spacial score (nSPS) is 11.5. The van der Waals surface area contributed by atoms with Gasteiger partial charge in [-0.1, -0.05) is 11.8 Å². The summed E-state index contributed by atoms with van der Waals surface area (Å²) >= 11 is 1.63. The number of thioether (sulfide) groups is 1. The van der Waals surface area contributed by atoms with Crippen LogP contribution < -0.4 is 11.2 Å². The highest BCUT2D eigenvalue weighted by Gasteiger charge is 2.14. The van der Waals surface area contributed by atoms with Gasteiger partial charge in [-0.05, 0) is 13.3 Å². The molecular weight excluding hydrogens is 328 g/mol. The van der Waals surface area contributed by atoms with Crippen LogP contribution in [0, 0.1) is 0 Å². The summed E-state index contributed by atoms with van der Waals surface area (Å²) in [5, 5.41) is 0.958. The zero-order valence-corrected chi connectivity index (χ0v) is 14.8. The van der Waals surface area contributed by atoms with Gasteiger partial charge in [-0.25, -0.2) is 14.8 Å². The van der Waals surface area contributed by atoms with Crippen LogP contribution >= 0.6 is 11.8 Å². The summed E-state index contributed by atoms with van der Waals surface area (Å²) in [6.45, 7) is 3.32. The summed E-state index contributed by atoms with van der Waals surface area (Å²) in [5.41, 5.74) is 0.258. The van der Waals surface area contributed by atoms with Crippen LogP contribution in [0.3, 0.4) is 0 Å². The average Bonchev–Trinajstić information content (AvgIpc) is 3.18. The maximum absolute atomic E-state index is 12.6. The van der Waals surface area contributed by atoms with Gasteiger partial charge < -0.3 is 9.13 Å². The Kier molecular flexibility index (Phi) is 4.61. The summed E-state index contributed by atoms with van der Waals surface area (Å²) < 4.78 is 6.43. The molecule has 0 fully saturated rings. The van der Waals surface area contributed by atoms with Crippen LogP contribution in [0.2, 0.25) is 0 Å². The van der Waals surface area contributed by atoms with E-state index in [0.29, 0.717) is 24.1 Å². The third-order valence-electron chi connectivity index (χ3n) is 3.98. The number of rotatable bonds is 6. The molecule has 0 amide bonds. The number of imidazole rings is 2. The second kappa shape index (κ2) is 6.68. The van der Waals surface area contributed by atoms with Crippen molar-refractivity contribution in [1.82, 2.24) is 28.2 Å². The summed E-state index contributed by atoms with van der Waals surface area (Å²) in [7, 11) is 3.40. The van der Waals surface area contributed by atoms with Gasteiger partial charge in [0.15, 0.2) is 16.3 Å². The lowest BCUT2D eigenvalue weighted by Crippen LogP contribution is -2.39. The number of hydrogen-bond acceptors (Lipinski definition) is 5. The Hall–Kier alpha value is -2.29. The molecule has 0 atom stereocenters. The Bertz CT molecular complexity index is 980. The fourth-order valence-corrected chi connectivity index (χ4v) is 3.60. The van der Waals surface area contributed by atoms with Crippen molar-refractivity contribution in [2.75, 3.05) is 5.75 Å². The number of nitrogens with zero attached hydrogens (tertiary/aromatic N) is 6. The van der Waals surface area contributed by atoms with Crippen LogP contribution in [0.25, 0.3) is 11.2 Å². The van der Waals surface area contributed by atoms with E-state index >= 15 is 0 Å². The standard InChI is InChI=1S/C15H20N6O2S/c1-4-20-8-6-16-14(20)24-9-5-7-21-13(22)11-12(17-10-18(11)2)19(3)15(21)23/h6,8,10H,4-5,7,9H2,1-3H3. The van der Waals surface area contributed by atoms with Crippen molar-refractivity contribution in [2.45, 2.75) is 31.6 Å². The van der Waals surface area contributed by atoms with Crippen LogP contribution in [0.1, 0.15) is 13.3 Å². The average molecular weight is 348 g/mol. The lowest BCUT2D eigenvalue weighted by molar-refractivity contribution is 0.593.